The normalized spacial score (nSPS) is 23.0. The molecule has 116 valence electrons. The van der Waals surface area contributed by atoms with E-state index in [9.17, 15) is 0 Å². The number of hydrogen-bond donors (Lipinski definition) is 0. The Bertz CT molecular complexity index is 986. The van der Waals surface area contributed by atoms with Crippen LogP contribution in [0.25, 0.3) is 0 Å². The third-order valence-corrected chi connectivity index (χ3v) is 4.56. The van der Waals surface area contributed by atoms with Crippen LogP contribution >= 0.6 is 15.9 Å². The van der Waals surface area contributed by atoms with Crippen LogP contribution in [0.1, 0.15) is 0 Å². The molecule has 0 bridgehead atoms. The average molecular weight is 379 g/mol. The van der Waals surface area contributed by atoms with E-state index < -0.39 is 5.79 Å². The van der Waals surface area contributed by atoms with Gasteiger partial charge in [-0.15, -0.1) is 0 Å². The Labute approximate surface area is 147 Å². The largest absolute Gasteiger partial charge is 0.440 e. The molecule has 0 saturated heterocycles. The zero-order valence-corrected chi connectivity index (χ0v) is 14.0. The molecular weight excluding hydrogens is 368 g/mol. The van der Waals surface area contributed by atoms with Crippen LogP contribution in [0.5, 0.6) is 11.5 Å². The maximum Gasteiger partial charge on any atom is 0.340 e. The molecule has 24 heavy (non-hydrogen) atoms. The molecule has 1 spiro atoms. The summed E-state index contributed by atoms with van der Waals surface area (Å²) in [6.07, 6.45) is 5.72. The Morgan fingerprint density at radius 1 is 0.750 bits per heavy atom. The van der Waals surface area contributed by atoms with Crippen LogP contribution in [0.3, 0.4) is 0 Å². The van der Waals surface area contributed by atoms with Gasteiger partial charge in [0.15, 0.2) is 11.5 Å². The Morgan fingerprint density at radius 2 is 1.33 bits per heavy atom. The highest BCUT2D eigenvalue weighted by Gasteiger charge is 2.50. The van der Waals surface area contributed by atoms with Crippen LogP contribution in [-0.4, -0.2) is 17.2 Å². The van der Waals surface area contributed by atoms with Gasteiger partial charge >= 0.3 is 5.79 Å². The second kappa shape index (κ2) is 4.92. The summed E-state index contributed by atoms with van der Waals surface area (Å²) < 4.78 is 13.5. The molecule has 2 heterocycles. The summed E-state index contributed by atoms with van der Waals surface area (Å²) in [4.78, 5) is 9.52. The van der Waals surface area contributed by atoms with Crippen molar-refractivity contribution in [3.8, 4) is 11.5 Å². The molecule has 1 atom stereocenters. The third-order valence-electron chi connectivity index (χ3n) is 4.07. The maximum absolute atomic E-state index is 6.31. The quantitative estimate of drug-likeness (QED) is 0.656. The maximum atomic E-state index is 6.31. The number of hydrogen-bond acceptors (Lipinski definition) is 4. The summed E-state index contributed by atoms with van der Waals surface area (Å²) in [7, 11) is 0. The number of ether oxygens (including phenoxy) is 2. The molecule has 2 aromatic carbocycles. The lowest BCUT2D eigenvalue weighted by Crippen LogP contribution is -2.57. The Morgan fingerprint density at radius 3 is 2.00 bits per heavy atom. The van der Waals surface area contributed by atoms with Gasteiger partial charge in [0, 0.05) is 4.48 Å². The summed E-state index contributed by atoms with van der Waals surface area (Å²) in [5, 5.41) is 0. The van der Waals surface area contributed by atoms with Crippen molar-refractivity contribution < 1.29 is 9.47 Å². The van der Waals surface area contributed by atoms with Crippen LogP contribution in [0.15, 0.2) is 81.2 Å². The van der Waals surface area contributed by atoms with Crippen molar-refractivity contribution in [3.63, 3.8) is 0 Å². The SMILES string of the molecule is BrC1=CC2=Nc3ccccc3OC23Oc2ccccc2N=C3C=C1. The molecule has 0 saturated carbocycles. The van der Waals surface area contributed by atoms with Crippen molar-refractivity contribution in [1.82, 2.24) is 0 Å². The van der Waals surface area contributed by atoms with Crippen LogP contribution in [0.4, 0.5) is 11.4 Å². The van der Waals surface area contributed by atoms with E-state index in [-0.39, 0.29) is 0 Å². The molecule has 2 aromatic rings. The van der Waals surface area contributed by atoms with Crippen molar-refractivity contribution in [2.24, 2.45) is 9.98 Å². The molecule has 5 rings (SSSR count). The average Bonchev–Trinajstić information content (AvgIpc) is 2.73. The smallest absolute Gasteiger partial charge is 0.340 e. The van der Waals surface area contributed by atoms with E-state index in [0.717, 1.165) is 15.9 Å². The minimum absolute atomic E-state index is 0.659. The fraction of sp³-hybridized carbons (Fsp3) is 0.0526. The van der Waals surface area contributed by atoms with Crippen LogP contribution in [-0.2, 0) is 0 Å². The standard InChI is InChI=1S/C19H11BrN2O2/c20-12-9-10-17-19(23-15-7-3-1-5-13(15)21-17)18(11-12)22-14-6-2-4-8-16(14)24-19/h1-11H. The first kappa shape index (κ1) is 13.7. The van der Waals surface area contributed by atoms with E-state index in [0.29, 0.717) is 22.9 Å². The van der Waals surface area contributed by atoms with Gasteiger partial charge in [0.05, 0.1) is 0 Å². The topological polar surface area (TPSA) is 43.2 Å². The second-order valence-electron chi connectivity index (χ2n) is 5.61. The molecular formula is C19H11BrN2O2. The molecule has 5 heteroatoms. The Kier molecular flexibility index (Phi) is 2.82. The number of aliphatic imine (C=N–C) groups is 2. The zero-order chi connectivity index (χ0) is 16.1. The number of benzene rings is 2. The minimum Gasteiger partial charge on any atom is -0.440 e. The fourth-order valence-corrected chi connectivity index (χ4v) is 3.31. The summed E-state index contributed by atoms with van der Waals surface area (Å²) in [5.41, 5.74) is 2.88. The van der Waals surface area contributed by atoms with Crippen molar-refractivity contribution in [2.45, 2.75) is 5.79 Å². The first-order valence-corrected chi connectivity index (χ1v) is 8.34. The van der Waals surface area contributed by atoms with Gasteiger partial charge in [0.1, 0.15) is 22.8 Å². The van der Waals surface area contributed by atoms with Crippen molar-refractivity contribution in [2.75, 3.05) is 0 Å². The van der Waals surface area contributed by atoms with E-state index in [2.05, 4.69) is 15.9 Å². The van der Waals surface area contributed by atoms with Gasteiger partial charge in [-0.3, -0.25) is 0 Å². The lowest BCUT2D eigenvalue weighted by molar-refractivity contribution is 0.00656. The third kappa shape index (κ3) is 1.91. The van der Waals surface area contributed by atoms with Gasteiger partial charge in [-0.1, -0.05) is 40.2 Å². The number of para-hydroxylation sites is 4. The number of fused-ring (bicyclic) bond motifs is 2. The lowest BCUT2D eigenvalue weighted by atomic mass is 10.0. The van der Waals surface area contributed by atoms with Gasteiger partial charge in [-0.05, 0) is 42.5 Å². The lowest BCUT2D eigenvalue weighted by Gasteiger charge is -2.39. The molecule has 0 radical (unpaired) electrons. The van der Waals surface area contributed by atoms with Crippen molar-refractivity contribution >= 4 is 38.7 Å². The highest BCUT2D eigenvalue weighted by atomic mass is 79.9. The summed E-state index contributed by atoms with van der Waals surface area (Å²) >= 11 is 3.53. The van der Waals surface area contributed by atoms with Gasteiger partial charge in [-0.25, -0.2) is 9.98 Å². The highest BCUT2D eigenvalue weighted by Crippen LogP contribution is 2.44. The second-order valence-corrected chi connectivity index (χ2v) is 6.53. The van der Waals surface area contributed by atoms with Crippen molar-refractivity contribution in [3.05, 3.63) is 71.2 Å². The Balaban J connectivity index is 1.79. The predicted molar refractivity (Wildman–Crippen MR) is 97.2 cm³/mol. The van der Waals surface area contributed by atoms with Crippen molar-refractivity contribution in [1.29, 1.82) is 0 Å². The molecule has 0 N–H and O–H groups in total. The minimum atomic E-state index is -1.17. The summed E-state index contributed by atoms with van der Waals surface area (Å²) in [6, 6.07) is 15.3. The number of rotatable bonds is 0. The molecule has 2 aliphatic heterocycles. The van der Waals surface area contributed by atoms with E-state index in [1.54, 1.807) is 0 Å². The van der Waals surface area contributed by atoms with E-state index in [1.165, 1.54) is 0 Å². The number of nitrogens with zero attached hydrogens (tertiary/aromatic N) is 2. The monoisotopic (exact) mass is 378 g/mol. The molecule has 1 unspecified atom stereocenters. The first-order chi connectivity index (χ1) is 11.7. The molecule has 0 amide bonds. The van der Waals surface area contributed by atoms with Gasteiger partial charge in [0.25, 0.3) is 0 Å². The van der Waals surface area contributed by atoms with E-state index >= 15 is 0 Å². The molecule has 0 fully saturated rings. The number of allylic oxidation sites excluding steroid dienone is 2. The van der Waals surface area contributed by atoms with E-state index in [4.69, 9.17) is 19.5 Å². The summed E-state index contributed by atoms with van der Waals surface area (Å²) in [6.45, 7) is 0. The van der Waals surface area contributed by atoms with Crippen LogP contribution in [0, 0.1) is 0 Å². The molecule has 1 aliphatic carbocycles. The summed E-state index contributed by atoms with van der Waals surface area (Å²) in [5.74, 6) is 0.177. The van der Waals surface area contributed by atoms with Gasteiger partial charge < -0.3 is 9.47 Å². The highest BCUT2D eigenvalue weighted by molar-refractivity contribution is 9.11. The zero-order valence-electron chi connectivity index (χ0n) is 12.4. The van der Waals surface area contributed by atoms with Gasteiger partial charge in [0.2, 0.25) is 0 Å². The van der Waals surface area contributed by atoms with Crippen LogP contribution < -0.4 is 9.47 Å². The molecule has 3 aliphatic rings. The Hall–Kier alpha value is -2.66. The fourth-order valence-electron chi connectivity index (χ4n) is 2.96. The predicted octanol–water partition coefficient (Wildman–Crippen LogP) is 4.86. The number of halogens is 1. The van der Waals surface area contributed by atoms with Crippen LogP contribution in [0.2, 0.25) is 0 Å². The van der Waals surface area contributed by atoms with Gasteiger partial charge in [-0.2, -0.15) is 0 Å². The molecule has 4 nitrogen and oxygen atoms in total. The first-order valence-electron chi connectivity index (χ1n) is 7.54. The van der Waals surface area contributed by atoms with E-state index in [1.807, 2.05) is 66.8 Å². The molecule has 0 aromatic heterocycles.